The lowest BCUT2D eigenvalue weighted by Gasteiger charge is -2.23. The van der Waals surface area contributed by atoms with E-state index in [1.165, 1.54) is 12.8 Å². The maximum atomic E-state index is 13.1. The molecule has 0 bridgehead atoms. The summed E-state index contributed by atoms with van der Waals surface area (Å²) in [6, 6.07) is 7.48. The molecule has 0 unspecified atom stereocenters. The summed E-state index contributed by atoms with van der Waals surface area (Å²) in [6.45, 7) is 1.79. The van der Waals surface area contributed by atoms with E-state index in [-0.39, 0.29) is 43.7 Å². The zero-order valence-electron chi connectivity index (χ0n) is 21.2. The van der Waals surface area contributed by atoms with Gasteiger partial charge in [-0.3, -0.25) is 9.59 Å². The molecule has 1 aliphatic carbocycles. The predicted molar refractivity (Wildman–Crippen MR) is 137 cm³/mol. The van der Waals surface area contributed by atoms with E-state index in [4.69, 9.17) is 16.3 Å². The predicted octanol–water partition coefficient (Wildman–Crippen LogP) is 4.75. The highest BCUT2D eigenvalue weighted by Gasteiger charge is 2.33. The first kappa shape index (κ1) is 26.6. The van der Waals surface area contributed by atoms with Gasteiger partial charge in [-0.2, -0.15) is 5.10 Å². The van der Waals surface area contributed by atoms with E-state index in [0.717, 1.165) is 18.9 Å². The van der Waals surface area contributed by atoms with Gasteiger partial charge in [0.2, 0.25) is 11.8 Å². The molecule has 1 atom stereocenters. The van der Waals surface area contributed by atoms with Crippen molar-refractivity contribution in [1.82, 2.24) is 15.1 Å². The second kappa shape index (κ2) is 11.8. The molecule has 1 saturated carbocycles. The quantitative estimate of drug-likeness (QED) is 0.300. The minimum absolute atomic E-state index is 0.0688. The van der Waals surface area contributed by atoms with Crippen molar-refractivity contribution >= 4 is 17.6 Å². The number of nitrogens with zero attached hydrogens (tertiary/aromatic N) is 2. The number of carbonyl (C=O) groups excluding carboxylic acids is 2. The van der Waals surface area contributed by atoms with Gasteiger partial charge in [-0.15, -0.1) is 6.42 Å². The number of halogens is 2. The lowest BCUT2D eigenvalue weighted by atomic mass is 9.96. The molecule has 9 heteroatoms. The zero-order valence-corrected chi connectivity index (χ0v) is 21.2. The van der Waals surface area contributed by atoms with E-state index in [1.54, 1.807) is 4.68 Å². The lowest BCUT2D eigenvalue weighted by Crippen LogP contribution is -2.41. The Hall–Kier alpha value is -3.41. The average Bonchev–Trinajstić information content (AvgIpc) is 3.60. The minimum atomic E-state index is -2.68. The van der Waals surface area contributed by atoms with Crippen LogP contribution in [0, 0.1) is 18.3 Å². The molecule has 1 fully saturated rings. The summed E-state index contributed by atoms with van der Waals surface area (Å²) >= 11 is 0. The van der Waals surface area contributed by atoms with Crippen molar-refractivity contribution in [2.45, 2.75) is 83.2 Å². The van der Waals surface area contributed by atoms with Gasteiger partial charge in [0.05, 0.1) is 18.7 Å². The maximum absolute atomic E-state index is 13.1. The number of fused-ring (bicyclic) bond motifs is 1. The number of aryl methyl sites for hydroxylation is 2. The summed E-state index contributed by atoms with van der Waals surface area (Å²) in [6.07, 6.45) is 10.6. The monoisotopic (exact) mass is 512 g/mol. The van der Waals surface area contributed by atoms with E-state index >= 15 is 0 Å². The summed E-state index contributed by atoms with van der Waals surface area (Å²) in [5.41, 5.74) is 2.14. The summed E-state index contributed by atoms with van der Waals surface area (Å²) < 4.78 is 33.3. The van der Waals surface area contributed by atoms with E-state index in [1.807, 2.05) is 24.3 Å². The van der Waals surface area contributed by atoms with Gasteiger partial charge in [0.15, 0.2) is 0 Å². The van der Waals surface area contributed by atoms with Crippen LogP contribution in [0.5, 0.6) is 5.75 Å². The SMILES string of the molecule is C#CCC(=O)Nc1c2c(nn1CCC1CC1)C[C@H](CCc1cccc(OCCCC(C)(F)F)c1)NC2=O. The highest BCUT2D eigenvalue weighted by Crippen LogP contribution is 2.34. The van der Waals surface area contributed by atoms with Crippen molar-refractivity contribution in [1.29, 1.82) is 0 Å². The Morgan fingerprint density at radius 1 is 1.35 bits per heavy atom. The Bertz CT molecular complexity index is 1160. The largest absolute Gasteiger partial charge is 0.494 e. The summed E-state index contributed by atoms with van der Waals surface area (Å²) in [5.74, 6) is 0.828. The van der Waals surface area contributed by atoms with Gasteiger partial charge in [-0.25, -0.2) is 13.5 Å². The van der Waals surface area contributed by atoms with Crippen LogP contribution in [0.2, 0.25) is 0 Å². The number of ether oxygens (including phenoxy) is 1. The van der Waals surface area contributed by atoms with Crippen LogP contribution in [0.25, 0.3) is 0 Å². The van der Waals surface area contributed by atoms with Crippen LogP contribution in [-0.4, -0.2) is 40.2 Å². The number of terminal acetylenes is 1. The molecule has 0 spiro atoms. The Kier molecular flexibility index (Phi) is 8.47. The van der Waals surface area contributed by atoms with Crippen LogP contribution < -0.4 is 15.4 Å². The zero-order chi connectivity index (χ0) is 26.4. The van der Waals surface area contributed by atoms with Crippen LogP contribution in [0.4, 0.5) is 14.6 Å². The van der Waals surface area contributed by atoms with Crippen molar-refractivity contribution < 1.29 is 23.1 Å². The molecule has 198 valence electrons. The maximum Gasteiger partial charge on any atom is 0.257 e. The molecule has 2 amide bonds. The lowest BCUT2D eigenvalue weighted by molar-refractivity contribution is -0.115. The topological polar surface area (TPSA) is 85.2 Å². The molecule has 2 N–H and O–H groups in total. The van der Waals surface area contributed by atoms with Crippen molar-refractivity contribution in [2.75, 3.05) is 11.9 Å². The molecule has 2 aromatic rings. The van der Waals surface area contributed by atoms with Gasteiger partial charge >= 0.3 is 0 Å². The number of rotatable bonds is 13. The number of anilines is 1. The van der Waals surface area contributed by atoms with Gasteiger partial charge in [0.25, 0.3) is 5.91 Å². The molecule has 0 radical (unpaired) electrons. The Morgan fingerprint density at radius 3 is 2.89 bits per heavy atom. The van der Waals surface area contributed by atoms with Crippen molar-refractivity contribution in [3.8, 4) is 18.1 Å². The number of hydrogen-bond acceptors (Lipinski definition) is 4. The first-order chi connectivity index (χ1) is 17.7. The molecule has 7 nitrogen and oxygen atoms in total. The number of hydrogen-bond donors (Lipinski definition) is 2. The van der Waals surface area contributed by atoms with Crippen LogP contribution in [0.1, 0.15) is 73.5 Å². The van der Waals surface area contributed by atoms with E-state index in [9.17, 15) is 18.4 Å². The molecular formula is C28H34F2N4O3. The fraction of sp³-hybridized carbons (Fsp3) is 0.536. The number of benzene rings is 1. The molecule has 4 rings (SSSR count). The Labute approximate surface area is 216 Å². The molecule has 37 heavy (non-hydrogen) atoms. The van der Waals surface area contributed by atoms with E-state index < -0.39 is 5.92 Å². The van der Waals surface area contributed by atoms with Crippen LogP contribution in [-0.2, 0) is 24.2 Å². The number of aromatic nitrogens is 2. The van der Waals surface area contributed by atoms with E-state index in [0.29, 0.717) is 54.5 Å². The third-order valence-electron chi connectivity index (χ3n) is 6.70. The number of nitrogens with one attached hydrogen (secondary N) is 2. The normalized spacial score (nSPS) is 17.0. The summed E-state index contributed by atoms with van der Waals surface area (Å²) in [4.78, 5) is 25.3. The molecule has 0 saturated heterocycles. The molecule has 2 aliphatic rings. The standard InChI is InChI=1S/C28H34F2N4O3/c1-3-6-24(35)32-26-25-23(33-34(26)15-13-19-9-10-19)18-21(31-27(25)36)12-11-20-7-4-8-22(17-20)37-16-5-14-28(2,29)30/h1,4,7-8,17,19,21H,5-6,9-16,18H2,2H3,(H,31,36)(H,32,35)/t21-/m0/s1. The molecule has 1 aliphatic heterocycles. The van der Waals surface area contributed by atoms with Crippen molar-refractivity contribution in [3.63, 3.8) is 0 Å². The van der Waals surface area contributed by atoms with Crippen LogP contribution in [0.15, 0.2) is 24.3 Å². The van der Waals surface area contributed by atoms with Gasteiger partial charge in [-0.1, -0.05) is 30.9 Å². The molecule has 1 aromatic heterocycles. The number of carbonyl (C=O) groups is 2. The van der Waals surface area contributed by atoms with Gasteiger partial charge in [0, 0.05) is 25.4 Å². The second-order valence-electron chi connectivity index (χ2n) is 10.1. The minimum Gasteiger partial charge on any atom is -0.494 e. The van der Waals surface area contributed by atoms with Crippen molar-refractivity contribution in [3.05, 3.63) is 41.1 Å². The molecular weight excluding hydrogens is 478 g/mol. The second-order valence-corrected chi connectivity index (χ2v) is 10.1. The van der Waals surface area contributed by atoms with Gasteiger partial charge in [0.1, 0.15) is 17.1 Å². The average molecular weight is 513 g/mol. The smallest absolute Gasteiger partial charge is 0.257 e. The van der Waals surface area contributed by atoms with Crippen LogP contribution >= 0.6 is 0 Å². The van der Waals surface area contributed by atoms with Gasteiger partial charge in [-0.05, 0) is 56.2 Å². The third-order valence-corrected chi connectivity index (χ3v) is 6.70. The van der Waals surface area contributed by atoms with E-state index in [2.05, 4.69) is 16.6 Å². The molecule has 1 aromatic carbocycles. The van der Waals surface area contributed by atoms with Crippen molar-refractivity contribution in [2.24, 2.45) is 5.92 Å². The summed E-state index contributed by atoms with van der Waals surface area (Å²) in [5, 5.41) is 10.6. The molecule has 2 heterocycles. The first-order valence-electron chi connectivity index (χ1n) is 13.0. The fourth-order valence-electron chi connectivity index (χ4n) is 4.58. The number of alkyl halides is 2. The highest BCUT2D eigenvalue weighted by molar-refractivity contribution is 6.05. The highest BCUT2D eigenvalue weighted by atomic mass is 19.3. The van der Waals surface area contributed by atoms with Gasteiger partial charge < -0.3 is 15.4 Å². The first-order valence-corrected chi connectivity index (χ1v) is 13.0. The fourth-order valence-corrected chi connectivity index (χ4v) is 4.58. The third kappa shape index (κ3) is 7.78. The Morgan fingerprint density at radius 2 is 2.16 bits per heavy atom. The summed E-state index contributed by atoms with van der Waals surface area (Å²) in [7, 11) is 0. The number of amides is 2. The Balaban J connectivity index is 1.37. The van der Waals surface area contributed by atoms with Crippen LogP contribution in [0.3, 0.4) is 0 Å².